The monoisotopic (exact) mass is 285 g/mol. The standard InChI is InChI=1S/C14H20ClNO3/c15-12-1-3-13(4-2-12)19-8-7-16-6-5-11(10-17)14(18)9-16/h1-4,11,14,17-18H,5-10H2/t11-,14-/m1/s1. The van der Waals surface area contributed by atoms with Crippen molar-refractivity contribution in [2.45, 2.75) is 12.5 Å². The molecule has 2 atom stereocenters. The molecule has 0 amide bonds. The number of aliphatic hydroxyl groups excluding tert-OH is 2. The number of likely N-dealkylation sites (tertiary alicyclic amines) is 1. The average Bonchev–Trinajstić information content (AvgIpc) is 2.41. The van der Waals surface area contributed by atoms with Gasteiger partial charge in [-0.05, 0) is 37.2 Å². The van der Waals surface area contributed by atoms with Gasteiger partial charge in [-0.15, -0.1) is 0 Å². The predicted octanol–water partition coefficient (Wildman–Crippen LogP) is 1.39. The van der Waals surface area contributed by atoms with Crippen molar-refractivity contribution in [1.29, 1.82) is 0 Å². The van der Waals surface area contributed by atoms with Crippen LogP contribution in [-0.2, 0) is 0 Å². The number of piperidine rings is 1. The average molecular weight is 286 g/mol. The molecule has 106 valence electrons. The van der Waals surface area contributed by atoms with Crippen LogP contribution in [0.3, 0.4) is 0 Å². The van der Waals surface area contributed by atoms with Crippen LogP contribution in [0.1, 0.15) is 6.42 Å². The van der Waals surface area contributed by atoms with E-state index in [1.165, 1.54) is 0 Å². The number of rotatable bonds is 5. The normalized spacial score (nSPS) is 24.4. The summed E-state index contributed by atoms with van der Waals surface area (Å²) in [5, 5.41) is 19.6. The fourth-order valence-corrected chi connectivity index (χ4v) is 2.41. The van der Waals surface area contributed by atoms with Crippen LogP contribution < -0.4 is 4.74 Å². The minimum Gasteiger partial charge on any atom is -0.492 e. The van der Waals surface area contributed by atoms with Crippen molar-refractivity contribution in [2.75, 3.05) is 32.8 Å². The van der Waals surface area contributed by atoms with E-state index in [4.69, 9.17) is 21.4 Å². The lowest BCUT2D eigenvalue weighted by Gasteiger charge is -2.34. The summed E-state index contributed by atoms with van der Waals surface area (Å²) in [4.78, 5) is 2.16. The van der Waals surface area contributed by atoms with Gasteiger partial charge in [-0.1, -0.05) is 11.6 Å². The van der Waals surface area contributed by atoms with E-state index < -0.39 is 6.10 Å². The molecular formula is C14H20ClNO3. The van der Waals surface area contributed by atoms with Crippen molar-refractivity contribution in [3.8, 4) is 5.75 Å². The summed E-state index contributed by atoms with van der Waals surface area (Å²) in [5.74, 6) is 0.823. The summed E-state index contributed by atoms with van der Waals surface area (Å²) in [6.07, 6.45) is 0.396. The van der Waals surface area contributed by atoms with Gasteiger partial charge in [0.15, 0.2) is 0 Å². The number of hydrogen-bond acceptors (Lipinski definition) is 4. The molecule has 0 aromatic heterocycles. The molecule has 0 spiro atoms. The number of halogens is 1. The Morgan fingerprint density at radius 1 is 1.32 bits per heavy atom. The quantitative estimate of drug-likeness (QED) is 0.859. The lowest BCUT2D eigenvalue weighted by Crippen LogP contribution is -2.46. The molecule has 1 aliphatic heterocycles. The van der Waals surface area contributed by atoms with Gasteiger partial charge in [-0.2, -0.15) is 0 Å². The number of benzene rings is 1. The van der Waals surface area contributed by atoms with Crippen LogP contribution in [0.2, 0.25) is 5.02 Å². The highest BCUT2D eigenvalue weighted by molar-refractivity contribution is 6.30. The minimum absolute atomic E-state index is 0.0217. The van der Waals surface area contributed by atoms with Crippen LogP contribution in [0, 0.1) is 5.92 Å². The van der Waals surface area contributed by atoms with Gasteiger partial charge < -0.3 is 14.9 Å². The van der Waals surface area contributed by atoms with Crippen LogP contribution in [0.25, 0.3) is 0 Å². The van der Waals surface area contributed by atoms with Crippen LogP contribution in [0.5, 0.6) is 5.75 Å². The molecule has 1 fully saturated rings. The maximum atomic E-state index is 9.83. The third-order valence-electron chi connectivity index (χ3n) is 3.53. The van der Waals surface area contributed by atoms with Crippen molar-refractivity contribution in [1.82, 2.24) is 4.90 Å². The predicted molar refractivity (Wildman–Crippen MR) is 74.6 cm³/mol. The number of hydrogen-bond donors (Lipinski definition) is 2. The Morgan fingerprint density at radius 3 is 2.68 bits per heavy atom. The van der Waals surface area contributed by atoms with Gasteiger partial charge in [0.1, 0.15) is 12.4 Å². The second kappa shape index (κ2) is 7.10. The van der Waals surface area contributed by atoms with Gasteiger partial charge >= 0.3 is 0 Å². The van der Waals surface area contributed by atoms with E-state index in [1.807, 2.05) is 12.1 Å². The maximum absolute atomic E-state index is 9.83. The first-order valence-corrected chi connectivity index (χ1v) is 6.96. The molecular weight excluding hydrogens is 266 g/mol. The third kappa shape index (κ3) is 4.35. The molecule has 1 aromatic rings. The fourth-order valence-electron chi connectivity index (χ4n) is 2.29. The number of ether oxygens (including phenoxy) is 1. The summed E-state index contributed by atoms with van der Waals surface area (Å²) in [6.45, 7) is 2.92. The summed E-state index contributed by atoms with van der Waals surface area (Å²) < 4.78 is 5.62. The highest BCUT2D eigenvalue weighted by atomic mass is 35.5. The van der Waals surface area contributed by atoms with E-state index >= 15 is 0 Å². The first-order valence-electron chi connectivity index (χ1n) is 6.58. The molecule has 1 aromatic carbocycles. The summed E-state index contributed by atoms with van der Waals surface area (Å²) in [7, 11) is 0. The van der Waals surface area contributed by atoms with Crippen molar-refractivity contribution in [3.63, 3.8) is 0 Å². The van der Waals surface area contributed by atoms with Gasteiger partial charge in [0.25, 0.3) is 0 Å². The largest absolute Gasteiger partial charge is 0.492 e. The van der Waals surface area contributed by atoms with Gasteiger partial charge in [-0.25, -0.2) is 0 Å². The zero-order valence-electron chi connectivity index (χ0n) is 10.8. The molecule has 19 heavy (non-hydrogen) atoms. The molecule has 2 rings (SSSR count). The first kappa shape index (κ1) is 14.6. The Bertz CT molecular complexity index is 385. The zero-order valence-corrected chi connectivity index (χ0v) is 11.6. The van der Waals surface area contributed by atoms with E-state index in [0.29, 0.717) is 18.2 Å². The van der Waals surface area contributed by atoms with Crippen molar-refractivity contribution >= 4 is 11.6 Å². The zero-order chi connectivity index (χ0) is 13.7. The topological polar surface area (TPSA) is 52.9 Å². The second-order valence-corrected chi connectivity index (χ2v) is 5.34. The van der Waals surface area contributed by atoms with Gasteiger partial charge in [-0.3, -0.25) is 4.90 Å². The van der Waals surface area contributed by atoms with Crippen LogP contribution in [0.4, 0.5) is 0 Å². The van der Waals surface area contributed by atoms with Crippen molar-refractivity contribution < 1.29 is 14.9 Å². The van der Waals surface area contributed by atoms with Crippen molar-refractivity contribution in [2.24, 2.45) is 5.92 Å². The Labute approximate surface area is 118 Å². The molecule has 0 radical (unpaired) electrons. The summed E-state index contributed by atoms with van der Waals surface area (Å²) in [6, 6.07) is 7.28. The van der Waals surface area contributed by atoms with E-state index in [2.05, 4.69) is 4.90 Å². The Hall–Kier alpha value is -0.810. The SMILES string of the molecule is OC[C@H]1CCN(CCOc2ccc(Cl)cc2)C[C@H]1O. The van der Waals surface area contributed by atoms with Gasteiger partial charge in [0.05, 0.1) is 6.10 Å². The number of nitrogens with zero attached hydrogens (tertiary/aromatic N) is 1. The second-order valence-electron chi connectivity index (χ2n) is 4.90. The Kier molecular flexibility index (Phi) is 5.45. The van der Waals surface area contributed by atoms with Crippen LogP contribution in [0.15, 0.2) is 24.3 Å². The third-order valence-corrected chi connectivity index (χ3v) is 3.78. The highest BCUT2D eigenvalue weighted by Gasteiger charge is 2.26. The molecule has 4 nitrogen and oxygen atoms in total. The highest BCUT2D eigenvalue weighted by Crippen LogP contribution is 2.18. The van der Waals surface area contributed by atoms with Crippen LogP contribution in [-0.4, -0.2) is 54.1 Å². The molecule has 0 unspecified atom stereocenters. The molecule has 2 N–H and O–H groups in total. The molecule has 1 saturated heterocycles. The molecule has 1 heterocycles. The minimum atomic E-state index is -0.436. The van der Waals surface area contributed by atoms with Gasteiger partial charge in [0.2, 0.25) is 0 Å². The maximum Gasteiger partial charge on any atom is 0.119 e. The van der Waals surface area contributed by atoms with E-state index in [9.17, 15) is 5.11 Å². The summed E-state index contributed by atoms with van der Waals surface area (Å²) >= 11 is 5.80. The molecule has 0 bridgehead atoms. The Morgan fingerprint density at radius 2 is 2.05 bits per heavy atom. The van der Waals surface area contributed by atoms with Crippen molar-refractivity contribution in [3.05, 3.63) is 29.3 Å². The molecule has 1 aliphatic rings. The summed E-state index contributed by atoms with van der Waals surface area (Å²) in [5.41, 5.74) is 0. The molecule has 5 heteroatoms. The number of β-amino-alcohol motifs (C(OH)–C–C–N with tert-alkyl or cyclic N) is 1. The smallest absolute Gasteiger partial charge is 0.119 e. The molecule has 0 saturated carbocycles. The lowest BCUT2D eigenvalue weighted by atomic mass is 9.95. The number of aliphatic hydroxyl groups is 2. The van der Waals surface area contributed by atoms with E-state index in [-0.39, 0.29) is 12.5 Å². The Balaban J connectivity index is 1.70. The first-order chi connectivity index (χ1) is 9.19. The lowest BCUT2D eigenvalue weighted by molar-refractivity contribution is -0.00493. The van der Waals surface area contributed by atoms with Gasteiger partial charge in [0, 0.05) is 30.6 Å². The fraction of sp³-hybridized carbons (Fsp3) is 0.571. The van der Waals surface area contributed by atoms with E-state index in [0.717, 1.165) is 25.3 Å². The molecule has 0 aliphatic carbocycles. The van der Waals surface area contributed by atoms with Crippen LogP contribution >= 0.6 is 11.6 Å². The van der Waals surface area contributed by atoms with E-state index in [1.54, 1.807) is 12.1 Å².